The van der Waals surface area contributed by atoms with Crippen LogP contribution >= 0.6 is 0 Å². The minimum absolute atomic E-state index is 0.0229. The number of carboxylic acid groups (broad SMARTS) is 1. The third-order valence-corrected chi connectivity index (χ3v) is 5.44. The zero-order valence-electron chi connectivity index (χ0n) is 12.1. The highest BCUT2D eigenvalue weighted by atomic mass is 32.2. The molecular weight excluding hydrogens is 290 g/mol. The SMILES string of the molecule is Cc1ccc(S(=O)(=O)NC2CCCCCC2)cc1C(=O)O. The van der Waals surface area contributed by atoms with Crippen molar-refractivity contribution in [2.75, 3.05) is 0 Å². The van der Waals surface area contributed by atoms with Crippen molar-refractivity contribution in [3.8, 4) is 0 Å². The normalized spacial score (nSPS) is 17.4. The molecule has 0 heterocycles. The zero-order chi connectivity index (χ0) is 15.5. The summed E-state index contributed by atoms with van der Waals surface area (Å²) in [5.74, 6) is -1.11. The number of aryl methyl sites for hydroxylation is 1. The van der Waals surface area contributed by atoms with E-state index in [1.54, 1.807) is 6.92 Å². The summed E-state index contributed by atoms with van der Waals surface area (Å²) in [7, 11) is -3.66. The molecule has 0 aliphatic heterocycles. The minimum atomic E-state index is -3.66. The Bertz CT molecular complexity index is 617. The Kier molecular flexibility index (Phi) is 5.00. The van der Waals surface area contributed by atoms with Gasteiger partial charge in [0.05, 0.1) is 10.5 Å². The van der Waals surface area contributed by atoms with Crippen molar-refractivity contribution in [1.82, 2.24) is 4.72 Å². The lowest BCUT2D eigenvalue weighted by Gasteiger charge is -2.16. The van der Waals surface area contributed by atoms with Gasteiger partial charge in [0.1, 0.15) is 0 Å². The molecule has 2 N–H and O–H groups in total. The van der Waals surface area contributed by atoms with Crippen molar-refractivity contribution < 1.29 is 18.3 Å². The van der Waals surface area contributed by atoms with E-state index in [-0.39, 0.29) is 16.5 Å². The summed E-state index contributed by atoms with van der Waals surface area (Å²) in [5.41, 5.74) is 0.578. The molecule has 0 atom stereocenters. The van der Waals surface area contributed by atoms with Crippen molar-refractivity contribution in [1.29, 1.82) is 0 Å². The van der Waals surface area contributed by atoms with Crippen molar-refractivity contribution >= 4 is 16.0 Å². The second kappa shape index (κ2) is 6.58. The number of hydrogen-bond donors (Lipinski definition) is 2. The van der Waals surface area contributed by atoms with E-state index < -0.39 is 16.0 Å². The molecule has 0 bridgehead atoms. The van der Waals surface area contributed by atoms with Gasteiger partial charge in [-0.25, -0.2) is 17.9 Å². The van der Waals surface area contributed by atoms with Crippen LogP contribution in [0.4, 0.5) is 0 Å². The quantitative estimate of drug-likeness (QED) is 0.837. The molecule has 1 saturated carbocycles. The van der Waals surface area contributed by atoms with Crippen LogP contribution in [0.5, 0.6) is 0 Å². The van der Waals surface area contributed by atoms with E-state index in [0.29, 0.717) is 5.56 Å². The maximum atomic E-state index is 12.4. The molecule has 0 radical (unpaired) electrons. The predicted octanol–water partition coefficient (Wildman–Crippen LogP) is 2.69. The van der Waals surface area contributed by atoms with Gasteiger partial charge in [-0.3, -0.25) is 0 Å². The molecule has 0 unspecified atom stereocenters. The number of rotatable bonds is 4. The monoisotopic (exact) mass is 311 g/mol. The van der Waals surface area contributed by atoms with E-state index in [9.17, 15) is 13.2 Å². The van der Waals surface area contributed by atoms with E-state index in [0.717, 1.165) is 38.5 Å². The number of benzene rings is 1. The largest absolute Gasteiger partial charge is 0.478 e. The van der Waals surface area contributed by atoms with Crippen molar-refractivity contribution in [2.24, 2.45) is 0 Å². The van der Waals surface area contributed by atoms with Gasteiger partial charge in [-0.1, -0.05) is 31.7 Å². The van der Waals surface area contributed by atoms with Gasteiger partial charge in [0.25, 0.3) is 0 Å². The maximum Gasteiger partial charge on any atom is 0.335 e. The van der Waals surface area contributed by atoms with Crippen LogP contribution in [-0.2, 0) is 10.0 Å². The van der Waals surface area contributed by atoms with Crippen LogP contribution in [0.15, 0.2) is 23.1 Å². The first-order chi connectivity index (χ1) is 9.90. The van der Waals surface area contributed by atoms with Gasteiger partial charge < -0.3 is 5.11 Å². The molecule has 1 aromatic rings. The molecule has 1 aliphatic rings. The molecule has 0 aromatic heterocycles. The summed E-state index contributed by atoms with van der Waals surface area (Å²) in [4.78, 5) is 11.1. The van der Waals surface area contributed by atoms with E-state index >= 15 is 0 Å². The number of carboxylic acids is 1. The van der Waals surface area contributed by atoms with Crippen LogP contribution < -0.4 is 4.72 Å². The average molecular weight is 311 g/mol. The van der Waals surface area contributed by atoms with Gasteiger partial charge >= 0.3 is 5.97 Å². The second-order valence-corrected chi connectivity index (χ2v) is 7.31. The predicted molar refractivity (Wildman–Crippen MR) is 79.9 cm³/mol. The molecule has 5 nitrogen and oxygen atoms in total. The van der Waals surface area contributed by atoms with Gasteiger partial charge in [0.15, 0.2) is 0 Å². The first-order valence-electron chi connectivity index (χ1n) is 7.26. The number of sulfonamides is 1. The van der Waals surface area contributed by atoms with Gasteiger partial charge in [0.2, 0.25) is 10.0 Å². The molecule has 0 saturated heterocycles. The Balaban J connectivity index is 2.22. The summed E-state index contributed by atoms with van der Waals surface area (Å²) in [5, 5.41) is 9.10. The molecule has 2 rings (SSSR count). The molecule has 6 heteroatoms. The van der Waals surface area contributed by atoms with Crippen molar-refractivity contribution in [2.45, 2.75) is 56.4 Å². The van der Waals surface area contributed by atoms with E-state index in [4.69, 9.17) is 5.11 Å². The molecular formula is C15H21NO4S. The first-order valence-corrected chi connectivity index (χ1v) is 8.75. The molecule has 0 amide bonds. The number of nitrogens with one attached hydrogen (secondary N) is 1. The molecule has 1 fully saturated rings. The molecule has 1 aliphatic carbocycles. The van der Waals surface area contributed by atoms with Crippen LogP contribution in [0.25, 0.3) is 0 Å². The number of hydrogen-bond acceptors (Lipinski definition) is 3. The Labute approximate surface area is 125 Å². The summed E-state index contributed by atoms with van der Waals surface area (Å²) in [6.45, 7) is 1.65. The van der Waals surface area contributed by atoms with Gasteiger partial charge in [0, 0.05) is 6.04 Å². The van der Waals surface area contributed by atoms with Gasteiger partial charge in [-0.05, 0) is 37.5 Å². The van der Waals surface area contributed by atoms with Crippen LogP contribution in [0.3, 0.4) is 0 Å². The van der Waals surface area contributed by atoms with Gasteiger partial charge in [-0.2, -0.15) is 0 Å². The third kappa shape index (κ3) is 4.04. The lowest BCUT2D eigenvalue weighted by Crippen LogP contribution is -2.34. The second-order valence-electron chi connectivity index (χ2n) is 5.59. The fraction of sp³-hybridized carbons (Fsp3) is 0.533. The lowest BCUT2D eigenvalue weighted by atomic mass is 10.1. The van der Waals surface area contributed by atoms with Crippen LogP contribution in [-0.4, -0.2) is 25.5 Å². The third-order valence-electron chi connectivity index (χ3n) is 3.93. The van der Waals surface area contributed by atoms with E-state index in [2.05, 4.69) is 4.72 Å². The summed E-state index contributed by atoms with van der Waals surface area (Å²) >= 11 is 0. The topological polar surface area (TPSA) is 83.5 Å². The van der Waals surface area contributed by atoms with Crippen LogP contribution in [0.2, 0.25) is 0 Å². The standard InChI is InChI=1S/C15H21NO4S/c1-11-8-9-13(10-14(11)15(17)18)21(19,20)16-12-6-4-2-3-5-7-12/h8-10,12,16H,2-7H2,1H3,(H,17,18). The van der Waals surface area contributed by atoms with E-state index in [1.807, 2.05) is 0 Å². The summed E-state index contributed by atoms with van der Waals surface area (Å²) < 4.78 is 27.5. The van der Waals surface area contributed by atoms with Gasteiger partial charge in [-0.15, -0.1) is 0 Å². The lowest BCUT2D eigenvalue weighted by molar-refractivity contribution is 0.0696. The van der Waals surface area contributed by atoms with Crippen LogP contribution in [0, 0.1) is 6.92 Å². The Morgan fingerprint density at radius 3 is 2.38 bits per heavy atom. The minimum Gasteiger partial charge on any atom is -0.478 e. The molecule has 21 heavy (non-hydrogen) atoms. The fourth-order valence-corrected chi connectivity index (χ4v) is 4.01. The molecule has 0 spiro atoms. The maximum absolute atomic E-state index is 12.4. The number of aromatic carboxylic acids is 1. The van der Waals surface area contributed by atoms with Crippen molar-refractivity contribution in [3.63, 3.8) is 0 Å². The van der Waals surface area contributed by atoms with Crippen molar-refractivity contribution in [3.05, 3.63) is 29.3 Å². The zero-order valence-corrected chi connectivity index (χ0v) is 12.9. The van der Waals surface area contributed by atoms with Crippen LogP contribution in [0.1, 0.15) is 54.4 Å². The average Bonchev–Trinajstić information content (AvgIpc) is 2.66. The highest BCUT2D eigenvalue weighted by Gasteiger charge is 2.22. The highest BCUT2D eigenvalue weighted by Crippen LogP contribution is 2.21. The number of carbonyl (C=O) groups is 1. The first kappa shape index (κ1) is 16.0. The smallest absolute Gasteiger partial charge is 0.335 e. The Hall–Kier alpha value is -1.40. The molecule has 116 valence electrons. The summed E-state index contributed by atoms with van der Waals surface area (Å²) in [6, 6.07) is 4.18. The summed E-state index contributed by atoms with van der Waals surface area (Å²) in [6.07, 6.45) is 6.04. The molecule has 1 aromatic carbocycles. The highest BCUT2D eigenvalue weighted by molar-refractivity contribution is 7.89. The van der Waals surface area contributed by atoms with E-state index in [1.165, 1.54) is 18.2 Å². The Morgan fingerprint density at radius 2 is 1.81 bits per heavy atom. The fourth-order valence-electron chi connectivity index (χ4n) is 2.68. The Morgan fingerprint density at radius 1 is 1.19 bits per heavy atom.